The van der Waals surface area contributed by atoms with Gasteiger partial charge in [0.05, 0.1) is 11.4 Å². The summed E-state index contributed by atoms with van der Waals surface area (Å²) in [5, 5.41) is 19.0. The van der Waals surface area contributed by atoms with Crippen LogP contribution in [0.25, 0.3) is 0 Å². The van der Waals surface area contributed by atoms with Gasteiger partial charge in [-0.15, -0.1) is 0 Å². The average Bonchev–Trinajstić information content (AvgIpc) is 2.39. The second-order valence-corrected chi connectivity index (χ2v) is 4.35. The maximum absolute atomic E-state index is 9.49. The largest absolute Gasteiger partial charge is 0.506 e. The van der Waals surface area contributed by atoms with Crippen LogP contribution in [0.4, 0.5) is 11.4 Å². The summed E-state index contributed by atoms with van der Waals surface area (Å²) in [6.07, 6.45) is 0. The minimum atomic E-state index is 0.0202. The molecule has 0 radical (unpaired) electrons. The monoisotopic (exact) mass is 260 g/mol. The van der Waals surface area contributed by atoms with E-state index in [2.05, 4.69) is 0 Å². The molecular formula is C14H16N2O3. The van der Waals surface area contributed by atoms with Gasteiger partial charge in [-0.3, -0.25) is 0 Å². The Labute approximate surface area is 111 Å². The number of anilines is 2. The summed E-state index contributed by atoms with van der Waals surface area (Å²) in [5.74, 6) is 1.10. The average molecular weight is 260 g/mol. The van der Waals surface area contributed by atoms with Crippen molar-refractivity contribution in [2.75, 3.05) is 11.5 Å². The van der Waals surface area contributed by atoms with Gasteiger partial charge in [-0.05, 0) is 38.1 Å². The molecule has 2 aromatic rings. The highest BCUT2D eigenvalue weighted by Crippen LogP contribution is 2.37. The van der Waals surface area contributed by atoms with Crippen molar-refractivity contribution in [3.63, 3.8) is 0 Å². The quantitative estimate of drug-likeness (QED) is 0.491. The molecule has 6 N–H and O–H groups in total. The Morgan fingerprint density at radius 1 is 0.789 bits per heavy atom. The molecule has 5 nitrogen and oxygen atoms in total. The third-order valence-corrected chi connectivity index (χ3v) is 3.10. The van der Waals surface area contributed by atoms with E-state index in [-0.39, 0.29) is 22.9 Å². The zero-order valence-electron chi connectivity index (χ0n) is 10.8. The van der Waals surface area contributed by atoms with Gasteiger partial charge >= 0.3 is 0 Å². The number of hydrogen-bond acceptors (Lipinski definition) is 5. The summed E-state index contributed by atoms with van der Waals surface area (Å²) in [6.45, 7) is 3.51. The number of hydrogen-bond donors (Lipinski definition) is 4. The van der Waals surface area contributed by atoms with Crippen LogP contribution in [-0.2, 0) is 0 Å². The molecule has 0 spiro atoms. The van der Waals surface area contributed by atoms with E-state index in [0.717, 1.165) is 0 Å². The number of phenolic OH excluding ortho intramolecular Hbond substituents is 2. The first-order valence-electron chi connectivity index (χ1n) is 5.75. The van der Waals surface area contributed by atoms with Crippen LogP contribution in [0.15, 0.2) is 24.3 Å². The van der Waals surface area contributed by atoms with Crippen molar-refractivity contribution in [1.82, 2.24) is 0 Å². The van der Waals surface area contributed by atoms with E-state index < -0.39 is 0 Å². The molecule has 0 saturated carbocycles. The number of phenols is 2. The molecule has 0 saturated heterocycles. The molecule has 0 unspecified atom stereocenters. The summed E-state index contributed by atoms with van der Waals surface area (Å²) >= 11 is 0. The molecule has 19 heavy (non-hydrogen) atoms. The van der Waals surface area contributed by atoms with E-state index in [4.69, 9.17) is 16.2 Å². The summed E-state index contributed by atoms with van der Waals surface area (Å²) in [4.78, 5) is 0. The van der Waals surface area contributed by atoms with Crippen molar-refractivity contribution >= 4 is 11.4 Å². The van der Waals surface area contributed by atoms with Gasteiger partial charge in [0, 0.05) is 11.1 Å². The van der Waals surface area contributed by atoms with Gasteiger partial charge in [-0.25, -0.2) is 0 Å². The molecule has 0 fully saturated rings. The van der Waals surface area contributed by atoms with E-state index in [9.17, 15) is 10.2 Å². The Morgan fingerprint density at radius 3 is 1.53 bits per heavy atom. The van der Waals surface area contributed by atoms with Gasteiger partial charge in [-0.1, -0.05) is 0 Å². The van der Waals surface area contributed by atoms with Crippen molar-refractivity contribution in [2.24, 2.45) is 0 Å². The normalized spacial score (nSPS) is 10.4. The Bertz CT molecular complexity index is 584. The smallest absolute Gasteiger partial charge is 0.139 e. The van der Waals surface area contributed by atoms with Crippen LogP contribution >= 0.6 is 0 Å². The second-order valence-electron chi connectivity index (χ2n) is 4.35. The molecule has 0 aliphatic carbocycles. The zero-order chi connectivity index (χ0) is 14.2. The van der Waals surface area contributed by atoms with Gasteiger partial charge in [0.1, 0.15) is 23.0 Å². The molecule has 0 aliphatic heterocycles. The van der Waals surface area contributed by atoms with Crippen LogP contribution in [0.3, 0.4) is 0 Å². The standard InChI is InChI=1S/C14H16N2O3/c1-7-11(5-3-9(17)13(7)15)19-12-6-4-10(18)14(16)8(12)2/h3-6,17-18H,15-16H2,1-2H3. The van der Waals surface area contributed by atoms with Crippen molar-refractivity contribution in [3.8, 4) is 23.0 Å². The Kier molecular flexibility index (Phi) is 3.12. The Morgan fingerprint density at radius 2 is 1.16 bits per heavy atom. The van der Waals surface area contributed by atoms with E-state index >= 15 is 0 Å². The fourth-order valence-electron chi connectivity index (χ4n) is 1.73. The van der Waals surface area contributed by atoms with Crippen molar-refractivity contribution in [3.05, 3.63) is 35.4 Å². The fraction of sp³-hybridized carbons (Fsp3) is 0.143. The molecule has 0 bridgehead atoms. The van der Waals surface area contributed by atoms with E-state index in [1.165, 1.54) is 12.1 Å². The lowest BCUT2D eigenvalue weighted by Crippen LogP contribution is -1.97. The lowest BCUT2D eigenvalue weighted by Gasteiger charge is -2.14. The minimum absolute atomic E-state index is 0.0202. The van der Waals surface area contributed by atoms with Crippen molar-refractivity contribution < 1.29 is 14.9 Å². The van der Waals surface area contributed by atoms with E-state index in [1.54, 1.807) is 26.0 Å². The molecule has 0 amide bonds. The first-order valence-corrected chi connectivity index (χ1v) is 5.75. The third-order valence-electron chi connectivity index (χ3n) is 3.10. The number of nitrogens with two attached hydrogens (primary N) is 2. The van der Waals surface area contributed by atoms with Crippen LogP contribution in [-0.4, -0.2) is 10.2 Å². The van der Waals surface area contributed by atoms with Gasteiger partial charge in [0.2, 0.25) is 0 Å². The van der Waals surface area contributed by atoms with Gasteiger partial charge in [-0.2, -0.15) is 0 Å². The fourth-order valence-corrected chi connectivity index (χ4v) is 1.73. The van der Waals surface area contributed by atoms with Crippen molar-refractivity contribution in [1.29, 1.82) is 0 Å². The minimum Gasteiger partial charge on any atom is -0.506 e. The molecule has 5 heteroatoms. The van der Waals surface area contributed by atoms with Crippen molar-refractivity contribution in [2.45, 2.75) is 13.8 Å². The molecular weight excluding hydrogens is 244 g/mol. The maximum Gasteiger partial charge on any atom is 0.139 e. The van der Waals surface area contributed by atoms with Gasteiger partial charge in [0.25, 0.3) is 0 Å². The first-order chi connectivity index (χ1) is 8.91. The van der Waals surface area contributed by atoms with Gasteiger partial charge < -0.3 is 26.4 Å². The lowest BCUT2D eigenvalue weighted by atomic mass is 10.1. The van der Waals surface area contributed by atoms with Crippen LogP contribution < -0.4 is 16.2 Å². The van der Waals surface area contributed by atoms with Crippen LogP contribution in [0.2, 0.25) is 0 Å². The Hall–Kier alpha value is -2.56. The SMILES string of the molecule is Cc1c(Oc2ccc(O)c(N)c2C)ccc(O)c1N. The number of rotatable bonds is 2. The second kappa shape index (κ2) is 4.61. The van der Waals surface area contributed by atoms with Crippen LogP contribution in [0, 0.1) is 13.8 Å². The topological polar surface area (TPSA) is 102 Å². The highest BCUT2D eigenvalue weighted by Gasteiger charge is 2.12. The molecule has 0 aliphatic rings. The molecule has 0 heterocycles. The number of ether oxygens (including phenoxy) is 1. The van der Waals surface area contributed by atoms with Crippen LogP contribution in [0.1, 0.15) is 11.1 Å². The Balaban J connectivity index is 2.43. The summed E-state index contributed by atoms with van der Waals surface area (Å²) < 4.78 is 5.73. The lowest BCUT2D eigenvalue weighted by molar-refractivity contribution is 0.457. The molecule has 2 rings (SSSR count). The number of aromatic hydroxyl groups is 2. The first kappa shape index (κ1) is 12.9. The molecule has 2 aromatic carbocycles. The summed E-state index contributed by atoms with van der Waals surface area (Å²) in [7, 11) is 0. The maximum atomic E-state index is 9.49. The van der Waals surface area contributed by atoms with E-state index in [1.807, 2.05) is 0 Å². The number of benzene rings is 2. The highest BCUT2D eigenvalue weighted by atomic mass is 16.5. The predicted octanol–water partition coefficient (Wildman–Crippen LogP) is 2.67. The number of nitrogen functional groups attached to an aromatic ring is 2. The van der Waals surface area contributed by atoms with Gasteiger partial charge in [0.15, 0.2) is 0 Å². The highest BCUT2D eigenvalue weighted by molar-refractivity contribution is 5.65. The van der Waals surface area contributed by atoms with Crippen LogP contribution in [0.5, 0.6) is 23.0 Å². The predicted molar refractivity (Wildman–Crippen MR) is 74.6 cm³/mol. The zero-order valence-corrected chi connectivity index (χ0v) is 10.8. The molecule has 100 valence electrons. The summed E-state index contributed by atoms with van der Waals surface area (Å²) in [5.41, 5.74) is 13.3. The molecule has 0 aromatic heterocycles. The third kappa shape index (κ3) is 2.22. The summed E-state index contributed by atoms with van der Waals surface area (Å²) in [6, 6.07) is 6.20. The van der Waals surface area contributed by atoms with E-state index in [0.29, 0.717) is 22.6 Å². The molecule has 0 atom stereocenters.